The summed E-state index contributed by atoms with van der Waals surface area (Å²) in [7, 11) is 0. The number of nitrogens with zero attached hydrogens (tertiary/aromatic N) is 2. The molecule has 0 saturated heterocycles. The molecule has 0 bridgehead atoms. The molecule has 1 aliphatic carbocycles. The lowest BCUT2D eigenvalue weighted by Crippen LogP contribution is -2.45. The molecule has 1 fully saturated rings. The molecule has 0 spiro atoms. The number of benzene rings is 1. The number of H-pyrrole nitrogens is 1. The average molecular weight is 356 g/mol. The fourth-order valence-electron chi connectivity index (χ4n) is 4.22. The Labute approximate surface area is 153 Å². The van der Waals surface area contributed by atoms with Gasteiger partial charge in [-0.05, 0) is 50.5 Å². The number of aryl methyl sites for hydroxylation is 1. The molecular weight excluding hydrogens is 331 g/mol. The second-order valence-corrected chi connectivity index (χ2v) is 7.62. The topological polar surface area (TPSA) is 61.0 Å². The van der Waals surface area contributed by atoms with Crippen molar-refractivity contribution in [3.63, 3.8) is 0 Å². The first-order valence-corrected chi connectivity index (χ1v) is 9.42. The molecule has 4 rings (SSSR count). The van der Waals surface area contributed by atoms with Crippen molar-refractivity contribution in [2.45, 2.75) is 64.5 Å². The normalized spacial score (nSPS) is 20.3. The second kappa shape index (κ2) is 6.74. The van der Waals surface area contributed by atoms with Gasteiger partial charge in [0, 0.05) is 35.3 Å². The lowest BCUT2D eigenvalue weighted by molar-refractivity contribution is 0.181. The first kappa shape index (κ1) is 17.1. The zero-order chi connectivity index (χ0) is 18.3. The highest BCUT2D eigenvalue weighted by Crippen LogP contribution is 2.37. The van der Waals surface area contributed by atoms with Gasteiger partial charge in [-0.3, -0.25) is 5.10 Å². The predicted molar refractivity (Wildman–Crippen MR) is 98.7 cm³/mol. The van der Waals surface area contributed by atoms with Crippen LogP contribution in [0.15, 0.2) is 18.2 Å². The molecule has 2 heterocycles. The van der Waals surface area contributed by atoms with Crippen LogP contribution in [0, 0.1) is 12.7 Å². The van der Waals surface area contributed by atoms with Crippen LogP contribution in [0.3, 0.4) is 0 Å². The molecule has 1 aromatic heterocycles. The van der Waals surface area contributed by atoms with Gasteiger partial charge in [0.2, 0.25) is 0 Å². The quantitative estimate of drug-likeness (QED) is 0.833. The van der Waals surface area contributed by atoms with Gasteiger partial charge in [-0.15, -0.1) is 0 Å². The maximum absolute atomic E-state index is 13.4. The zero-order valence-corrected chi connectivity index (χ0v) is 15.3. The number of aromatic amines is 1. The van der Waals surface area contributed by atoms with Gasteiger partial charge in [-0.25, -0.2) is 9.18 Å². The van der Waals surface area contributed by atoms with Crippen LogP contribution in [0.2, 0.25) is 0 Å². The van der Waals surface area contributed by atoms with Crippen molar-refractivity contribution in [3.8, 4) is 0 Å². The molecule has 1 saturated carbocycles. The number of nitrogens with one attached hydrogen (secondary N) is 2. The van der Waals surface area contributed by atoms with Crippen molar-refractivity contribution >= 4 is 11.7 Å². The Bertz CT molecular complexity index is 825. The first-order valence-electron chi connectivity index (χ1n) is 9.42. The third-order valence-corrected chi connectivity index (χ3v) is 5.76. The van der Waals surface area contributed by atoms with E-state index in [-0.39, 0.29) is 17.9 Å². The van der Waals surface area contributed by atoms with E-state index in [1.807, 2.05) is 4.90 Å². The summed E-state index contributed by atoms with van der Waals surface area (Å²) in [6.07, 6.45) is 5.68. The predicted octanol–water partition coefficient (Wildman–Crippen LogP) is 4.49. The van der Waals surface area contributed by atoms with Gasteiger partial charge in [0.1, 0.15) is 5.82 Å². The van der Waals surface area contributed by atoms with E-state index in [9.17, 15) is 9.18 Å². The Morgan fingerprint density at radius 1 is 1.35 bits per heavy atom. The highest BCUT2D eigenvalue weighted by molar-refractivity contribution is 5.89. The van der Waals surface area contributed by atoms with E-state index in [1.165, 1.54) is 43.0 Å². The second-order valence-electron chi connectivity index (χ2n) is 7.62. The smallest absolute Gasteiger partial charge is 0.317 e. The summed E-state index contributed by atoms with van der Waals surface area (Å²) < 4.78 is 13.4. The van der Waals surface area contributed by atoms with E-state index in [2.05, 4.69) is 22.4 Å². The number of carbonyl (C=O) groups excluding carboxylic acids is 1. The molecule has 1 atom stereocenters. The lowest BCUT2D eigenvalue weighted by Gasteiger charge is -2.33. The Morgan fingerprint density at radius 2 is 2.12 bits per heavy atom. The summed E-state index contributed by atoms with van der Waals surface area (Å²) in [6.45, 7) is 4.32. The van der Waals surface area contributed by atoms with Crippen LogP contribution in [0.1, 0.15) is 61.0 Å². The maximum Gasteiger partial charge on any atom is 0.322 e. The number of halogens is 1. The Morgan fingerprint density at radius 3 is 2.85 bits per heavy atom. The lowest BCUT2D eigenvalue weighted by atomic mass is 9.93. The largest absolute Gasteiger partial charge is 0.322 e. The molecule has 2 aliphatic rings. The van der Waals surface area contributed by atoms with Crippen molar-refractivity contribution in [1.29, 1.82) is 0 Å². The minimum absolute atomic E-state index is 0.0842. The van der Waals surface area contributed by atoms with Crippen LogP contribution in [0.5, 0.6) is 0 Å². The van der Waals surface area contributed by atoms with Crippen LogP contribution in [0.25, 0.3) is 0 Å². The molecule has 2 N–H and O–H groups in total. The number of urea groups is 1. The Hall–Kier alpha value is -2.37. The summed E-state index contributed by atoms with van der Waals surface area (Å²) in [5, 5.41) is 10.7. The molecule has 2 amide bonds. The fourth-order valence-corrected chi connectivity index (χ4v) is 4.22. The summed E-state index contributed by atoms with van der Waals surface area (Å²) in [4.78, 5) is 14.7. The molecule has 1 aliphatic heterocycles. The third-order valence-electron chi connectivity index (χ3n) is 5.76. The molecule has 1 aromatic carbocycles. The molecule has 5 nitrogen and oxygen atoms in total. The number of hydrogen-bond donors (Lipinski definition) is 2. The molecule has 138 valence electrons. The van der Waals surface area contributed by atoms with Crippen molar-refractivity contribution in [2.24, 2.45) is 0 Å². The van der Waals surface area contributed by atoms with Crippen molar-refractivity contribution in [2.75, 3.05) is 5.32 Å². The van der Waals surface area contributed by atoms with Crippen LogP contribution < -0.4 is 5.32 Å². The van der Waals surface area contributed by atoms with Crippen molar-refractivity contribution < 1.29 is 9.18 Å². The Kier molecular flexibility index (Phi) is 4.42. The first-order chi connectivity index (χ1) is 12.5. The van der Waals surface area contributed by atoms with E-state index in [4.69, 9.17) is 0 Å². The van der Waals surface area contributed by atoms with Gasteiger partial charge in [-0.1, -0.05) is 12.8 Å². The summed E-state index contributed by atoms with van der Waals surface area (Å²) >= 11 is 0. The monoisotopic (exact) mass is 356 g/mol. The highest BCUT2D eigenvalue weighted by atomic mass is 19.1. The fraction of sp³-hybridized carbons (Fsp3) is 0.500. The summed E-state index contributed by atoms with van der Waals surface area (Å²) in [6, 6.07) is 4.59. The summed E-state index contributed by atoms with van der Waals surface area (Å²) in [5.41, 5.74) is 4.66. The third kappa shape index (κ3) is 3.08. The highest BCUT2D eigenvalue weighted by Gasteiger charge is 2.33. The minimum Gasteiger partial charge on any atom is -0.317 e. The number of hydrogen-bond acceptors (Lipinski definition) is 2. The SMILES string of the molecule is Cc1cc(NC(=O)N2Cc3c(C4CCCC4)n[nH]c3CC2C)ccc1F. The van der Waals surface area contributed by atoms with Crippen molar-refractivity contribution in [3.05, 3.63) is 46.5 Å². The van der Waals surface area contributed by atoms with Crippen LogP contribution in [-0.4, -0.2) is 27.2 Å². The van der Waals surface area contributed by atoms with Gasteiger partial charge >= 0.3 is 6.03 Å². The van der Waals surface area contributed by atoms with E-state index >= 15 is 0 Å². The van der Waals surface area contributed by atoms with Gasteiger partial charge in [0.15, 0.2) is 0 Å². The maximum atomic E-state index is 13.4. The van der Waals surface area contributed by atoms with Gasteiger partial charge in [0.05, 0.1) is 12.2 Å². The van der Waals surface area contributed by atoms with E-state index in [0.29, 0.717) is 23.7 Å². The van der Waals surface area contributed by atoms with E-state index in [1.54, 1.807) is 19.1 Å². The van der Waals surface area contributed by atoms with Gasteiger partial charge in [-0.2, -0.15) is 5.10 Å². The van der Waals surface area contributed by atoms with Crippen LogP contribution in [-0.2, 0) is 13.0 Å². The number of amides is 2. The van der Waals surface area contributed by atoms with Crippen LogP contribution >= 0.6 is 0 Å². The molecule has 0 radical (unpaired) electrons. The minimum atomic E-state index is -0.265. The number of fused-ring (bicyclic) bond motifs is 1. The number of carbonyl (C=O) groups is 1. The van der Waals surface area contributed by atoms with Crippen molar-refractivity contribution in [1.82, 2.24) is 15.1 Å². The van der Waals surface area contributed by atoms with E-state index < -0.39 is 0 Å². The van der Waals surface area contributed by atoms with Crippen LogP contribution in [0.4, 0.5) is 14.9 Å². The zero-order valence-electron chi connectivity index (χ0n) is 15.3. The molecule has 26 heavy (non-hydrogen) atoms. The number of aromatic nitrogens is 2. The molecule has 1 unspecified atom stereocenters. The molecular formula is C20H25FN4O. The standard InChI is InChI=1S/C20H25FN4O/c1-12-9-15(7-8-17(12)21)22-20(26)25-11-16-18(10-13(25)2)23-24-19(16)14-5-3-4-6-14/h7-9,13-14H,3-6,10-11H2,1-2H3,(H,22,26)(H,23,24). The molecule has 6 heteroatoms. The van der Waals surface area contributed by atoms with Gasteiger partial charge < -0.3 is 10.2 Å². The number of anilines is 1. The van der Waals surface area contributed by atoms with Gasteiger partial charge in [0.25, 0.3) is 0 Å². The van der Waals surface area contributed by atoms with E-state index in [0.717, 1.165) is 12.1 Å². The average Bonchev–Trinajstić information content (AvgIpc) is 3.26. The molecule has 2 aromatic rings. The Balaban J connectivity index is 1.53. The summed E-state index contributed by atoms with van der Waals surface area (Å²) in [5.74, 6) is 0.256. The number of rotatable bonds is 2.